The first-order chi connectivity index (χ1) is 7.60. The number of nitrogens with zero attached hydrogens (tertiary/aromatic N) is 1. The van der Waals surface area contributed by atoms with Crippen LogP contribution in [0.25, 0.3) is 0 Å². The van der Waals surface area contributed by atoms with Crippen molar-refractivity contribution in [2.75, 3.05) is 18.8 Å². The van der Waals surface area contributed by atoms with Gasteiger partial charge in [0.25, 0.3) is 5.91 Å². The number of hydrogen-bond donors (Lipinski definition) is 1. The topological polar surface area (TPSA) is 46.3 Å². The molecule has 0 fully saturated rings. The summed E-state index contributed by atoms with van der Waals surface area (Å²) in [6.07, 6.45) is 0.954. The molecule has 0 aliphatic carbocycles. The second kappa shape index (κ2) is 7.56. The minimum Gasteiger partial charge on any atom is -0.398 e. The fourth-order valence-corrected chi connectivity index (χ4v) is 1.95. The second-order valence-electron chi connectivity index (χ2n) is 3.62. The Morgan fingerprint density at radius 2 is 2.06 bits per heavy atom. The van der Waals surface area contributed by atoms with Crippen molar-refractivity contribution in [3.63, 3.8) is 0 Å². The van der Waals surface area contributed by atoms with E-state index in [1.54, 1.807) is 17.0 Å². The molecule has 0 aliphatic heterocycles. The van der Waals surface area contributed by atoms with Crippen molar-refractivity contribution >= 4 is 39.9 Å². The van der Waals surface area contributed by atoms with E-state index in [0.717, 1.165) is 17.4 Å². The van der Waals surface area contributed by atoms with Gasteiger partial charge in [-0.25, -0.2) is 0 Å². The van der Waals surface area contributed by atoms with Crippen molar-refractivity contribution < 1.29 is 4.79 Å². The lowest BCUT2D eigenvalue weighted by Gasteiger charge is -2.20. The summed E-state index contributed by atoms with van der Waals surface area (Å²) in [5.74, 6) is 0.00866. The fourth-order valence-electron chi connectivity index (χ4n) is 1.57. The number of anilines is 1. The molecule has 0 saturated carbocycles. The summed E-state index contributed by atoms with van der Waals surface area (Å²) in [7, 11) is 0. The standard InChI is InChI=1S/C12H17BrN2O.ClH/c1-3-7-15(4-2)12(16)10-6-5-9(13)8-11(10)14;/h5-6,8H,3-4,7,14H2,1-2H3;1H. The summed E-state index contributed by atoms with van der Waals surface area (Å²) in [5.41, 5.74) is 6.94. The van der Waals surface area contributed by atoms with Crippen molar-refractivity contribution in [3.8, 4) is 0 Å². The Kier molecular flexibility index (Phi) is 7.23. The molecule has 0 saturated heterocycles. The summed E-state index contributed by atoms with van der Waals surface area (Å²) in [6, 6.07) is 5.36. The summed E-state index contributed by atoms with van der Waals surface area (Å²) < 4.78 is 0.889. The maximum absolute atomic E-state index is 12.1. The van der Waals surface area contributed by atoms with Gasteiger partial charge in [-0.2, -0.15) is 0 Å². The number of halogens is 2. The smallest absolute Gasteiger partial charge is 0.255 e. The Labute approximate surface area is 117 Å². The quantitative estimate of drug-likeness (QED) is 0.865. The number of nitrogen functional groups attached to an aromatic ring is 1. The molecule has 3 nitrogen and oxygen atoms in total. The highest BCUT2D eigenvalue weighted by atomic mass is 79.9. The third-order valence-electron chi connectivity index (χ3n) is 2.41. The second-order valence-corrected chi connectivity index (χ2v) is 4.53. The molecule has 96 valence electrons. The zero-order valence-corrected chi connectivity index (χ0v) is 12.5. The first-order valence-electron chi connectivity index (χ1n) is 5.44. The van der Waals surface area contributed by atoms with Crippen LogP contribution < -0.4 is 5.73 Å². The first-order valence-corrected chi connectivity index (χ1v) is 6.23. The van der Waals surface area contributed by atoms with E-state index < -0.39 is 0 Å². The van der Waals surface area contributed by atoms with E-state index in [-0.39, 0.29) is 18.3 Å². The van der Waals surface area contributed by atoms with Crippen LogP contribution >= 0.6 is 28.3 Å². The highest BCUT2D eigenvalue weighted by Crippen LogP contribution is 2.20. The molecule has 17 heavy (non-hydrogen) atoms. The monoisotopic (exact) mass is 320 g/mol. The van der Waals surface area contributed by atoms with E-state index in [0.29, 0.717) is 17.8 Å². The van der Waals surface area contributed by atoms with Crippen LogP contribution in [-0.4, -0.2) is 23.9 Å². The van der Waals surface area contributed by atoms with E-state index in [9.17, 15) is 4.79 Å². The molecule has 0 aromatic heterocycles. The molecule has 0 unspecified atom stereocenters. The molecule has 1 aromatic carbocycles. The average Bonchev–Trinajstić information content (AvgIpc) is 2.25. The van der Waals surface area contributed by atoms with Crippen molar-refractivity contribution in [2.24, 2.45) is 0 Å². The zero-order valence-electron chi connectivity index (χ0n) is 10.1. The Balaban J connectivity index is 0.00000256. The summed E-state index contributed by atoms with van der Waals surface area (Å²) in [5, 5.41) is 0. The Morgan fingerprint density at radius 1 is 1.41 bits per heavy atom. The molecule has 2 N–H and O–H groups in total. The molecule has 0 heterocycles. The molecular weight excluding hydrogens is 304 g/mol. The Morgan fingerprint density at radius 3 is 2.53 bits per heavy atom. The van der Waals surface area contributed by atoms with Crippen LogP contribution in [-0.2, 0) is 0 Å². The predicted octanol–water partition coefficient (Wildman–Crippen LogP) is 3.33. The fraction of sp³-hybridized carbons (Fsp3) is 0.417. The molecule has 1 amide bonds. The number of benzene rings is 1. The number of nitrogens with two attached hydrogens (primary N) is 1. The maximum Gasteiger partial charge on any atom is 0.255 e. The van der Waals surface area contributed by atoms with Gasteiger partial charge in [0, 0.05) is 23.2 Å². The van der Waals surface area contributed by atoms with Crippen LogP contribution in [0.5, 0.6) is 0 Å². The third kappa shape index (κ3) is 4.21. The summed E-state index contributed by atoms with van der Waals surface area (Å²) in [4.78, 5) is 13.9. The van der Waals surface area contributed by atoms with Gasteiger partial charge in [-0.05, 0) is 31.5 Å². The summed E-state index contributed by atoms with van der Waals surface area (Å²) >= 11 is 3.33. The zero-order chi connectivity index (χ0) is 12.1. The Bertz CT molecular complexity index is 385. The number of carbonyl (C=O) groups excluding carboxylic acids is 1. The lowest BCUT2D eigenvalue weighted by atomic mass is 10.1. The van der Waals surface area contributed by atoms with E-state index >= 15 is 0 Å². The molecule has 0 bridgehead atoms. The van der Waals surface area contributed by atoms with Crippen LogP contribution in [0.4, 0.5) is 5.69 Å². The number of amides is 1. The van der Waals surface area contributed by atoms with Gasteiger partial charge in [-0.1, -0.05) is 22.9 Å². The van der Waals surface area contributed by atoms with Gasteiger partial charge in [0.05, 0.1) is 5.56 Å². The molecule has 1 aromatic rings. The van der Waals surface area contributed by atoms with Gasteiger partial charge >= 0.3 is 0 Å². The SMILES string of the molecule is CCCN(CC)C(=O)c1ccc(Br)cc1N.Cl. The minimum absolute atomic E-state index is 0. The van der Waals surface area contributed by atoms with Crippen molar-refractivity contribution in [1.82, 2.24) is 4.90 Å². The first kappa shape index (κ1) is 16.3. The van der Waals surface area contributed by atoms with E-state index in [4.69, 9.17) is 5.73 Å². The van der Waals surface area contributed by atoms with Crippen LogP contribution in [0.1, 0.15) is 30.6 Å². The lowest BCUT2D eigenvalue weighted by molar-refractivity contribution is 0.0765. The van der Waals surface area contributed by atoms with Crippen LogP contribution in [0.3, 0.4) is 0 Å². The van der Waals surface area contributed by atoms with Gasteiger partial charge in [-0.3, -0.25) is 4.79 Å². The van der Waals surface area contributed by atoms with Crippen molar-refractivity contribution in [2.45, 2.75) is 20.3 Å². The molecule has 0 atom stereocenters. The van der Waals surface area contributed by atoms with Crippen LogP contribution in [0, 0.1) is 0 Å². The Hall–Kier alpha value is -0.740. The lowest BCUT2D eigenvalue weighted by Crippen LogP contribution is -2.32. The molecule has 5 heteroatoms. The highest BCUT2D eigenvalue weighted by molar-refractivity contribution is 9.10. The normalized spacial score (nSPS) is 9.59. The van der Waals surface area contributed by atoms with Gasteiger partial charge in [0.1, 0.15) is 0 Å². The molecular formula is C12H18BrClN2O. The van der Waals surface area contributed by atoms with Gasteiger partial charge in [-0.15, -0.1) is 12.4 Å². The minimum atomic E-state index is 0. The van der Waals surface area contributed by atoms with Crippen LogP contribution in [0.2, 0.25) is 0 Å². The van der Waals surface area contributed by atoms with Crippen molar-refractivity contribution in [1.29, 1.82) is 0 Å². The average molecular weight is 322 g/mol. The van der Waals surface area contributed by atoms with Gasteiger partial charge in [0.15, 0.2) is 0 Å². The number of rotatable bonds is 4. The molecule has 1 rings (SSSR count). The third-order valence-corrected chi connectivity index (χ3v) is 2.90. The van der Waals surface area contributed by atoms with Crippen LogP contribution in [0.15, 0.2) is 22.7 Å². The van der Waals surface area contributed by atoms with Gasteiger partial charge < -0.3 is 10.6 Å². The van der Waals surface area contributed by atoms with E-state index in [2.05, 4.69) is 22.9 Å². The highest BCUT2D eigenvalue weighted by Gasteiger charge is 2.15. The van der Waals surface area contributed by atoms with E-state index in [1.165, 1.54) is 0 Å². The summed E-state index contributed by atoms with van der Waals surface area (Å²) in [6.45, 7) is 5.51. The number of hydrogen-bond acceptors (Lipinski definition) is 2. The van der Waals surface area contributed by atoms with Crippen molar-refractivity contribution in [3.05, 3.63) is 28.2 Å². The molecule has 0 spiro atoms. The predicted molar refractivity (Wildman–Crippen MR) is 77.7 cm³/mol. The van der Waals surface area contributed by atoms with Gasteiger partial charge in [0.2, 0.25) is 0 Å². The molecule has 0 aliphatic rings. The maximum atomic E-state index is 12.1. The number of carbonyl (C=O) groups is 1. The largest absolute Gasteiger partial charge is 0.398 e. The van der Waals surface area contributed by atoms with E-state index in [1.807, 2.05) is 13.0 Å². The molecule has 0 radical (unpaired) electrons.